The average Bonchev–Trinajstić information content (AvgIpc) is 3.04. The third kappa shape index (κ3) is 3.27. The van der Waals surface area contributed by atoms with Crippen LogP contribution < -0.4 is 9.47 Å². The molecule has 1 saturated heterocycles. The van der Waals surface area contributed by atoms with Crippen LogP contribution in [0, 0.1) is 0 Å². The first-order valence-corrected chi connectivity index (χ1v) is 10.3. The fourth-order valence-electron chi connectivity index (χ4n) is 4.44. The standard InChI is InChI=1S/C23H24BrNO3/c1-25-13-12-23(11-10-17(26)14-20(23)25)18-8-9-19(27-2)22(21(18)24)28-15-16-6-4-3-5-7-16/h3-11,20H,12-15H2,1-2H3. The fourth-order valence-corrected chi connectivity index (χ4v) is 5.25. The van der Waals surface area contributed by atoms with Gasteiger partial charge in [-0.15, -0.1) is 0 Å². The lowest BCUT2D eigenvalue weighted by Crippen LogP contribution is -2.43. The Labute approximate surface area is 174 Å². The first kappa shape index (κ1) is 19.2. The Balaban J connectivity index is 1.74. The number of hydrogen-bond donors (Lipinski definition) is 0. The second kappa shape index (κ2) is 7.72. The number of nitrogens with zero attached hydrogens (tertiary/aromatic N) is 1. The molecule has 1 heterocycles. The van der Waals surface area contributed by atoms with Crippen molar-refractivity contribution in [1.29, 1.82) is 0 Å². The molecule has 28 heavy (non-hydrogen) atoms. The fraction of sp³-hybridized carbons (Fsp3) is 0.348. The molecule has 0 aromatic heterocycles. The van der Waals surface area contributed by atoms with E-state index in [9.17, 15) is 4.79 Å². The molecular weight excluding hydrogens is 418 g/mol. The van der Waals surface area contributed by atoms with Crippen LogP contribution in [0.25, 0.3) is 0 Å². The van der Waals surface area contributed by atoms with Crippen molar-refractivity contribution in [3.05, 3.63) is 70.2 Å². The SMILES string of the molecule is COc1ccc(C23C=CC(=O)CC2N(C)CC3)c(Br)c1OCc1ccccc1. The lowest BCUT2D eigenvalue weighted by molar-refractivity contribution is -0.116. The summed E-state index contributed by atoms with van der Waals surface area (Å²) in [6, 6.07) is 14.3. The predicted octanol–water partition coefficient (Wildman–Crippen LogP) is 4.51. The third-order valence-electron chi connectivity index (χ3n) is 5.97. The molecule has 1 aliphatic heterocycles. The van der Waals surface area contributed by atoms with Gasteiger partial charge in [-0.1, -0.05) is 42.5 Å². The third-order valence-corrected chi connectivity index (χ3v) is 6.76. The van der Waals surface area contributed by atoms with E-state index >= 15 is 0 Å². The normalized spacial score (nSPS) is 24.2. The number of ether oxygens (including phenoxy) is 2. The van der Waals surface area contributed by atoms with Gasteiger partial charge in [0.1, 0.15) is 6.61 Å². The number of likely N-dealkylation sites (N-methyl/N-ethyl adjacent to an activating group) is 1. The van der Waals surface area contributed by atoms with Gasteiger partial charge in [0.15, 0.2) is 17.3 Å². The Morgan fingerprint density at radius 1 is 1.21 bits per heavy atom. The Morgan fingerprint density at radius 2 is 2.00 bits per heavy atom. The van der Waals surface area contributed by atoms with Gasteiger partial charge in [-0.3, -0.25) is 4.79 Å². The zero-order chi connectivity index (χ0) is 19.7. The predicted molar refractivity (Wildman–Crippen MR) is 113 cm³/mol. The van der Waals surface area contributed by atoms with E-state index in [0.29, 0.717) is 24.5 Å². The zero-order valence-corrected chi connectivity index (χ0v) is 17.7. The highest BCUT2D eigenvalue weighted by Crippen LogP contribution is 2.50. The number of carbonyl (C=O) groups excluding carboxylic acids is 1. The Bertz CT molecular complexity index is 912. The maximum absolute atomic E-state index is 12.1. The van der Waals surface area contributed by atoms with Crippen LogP contribution in [0.15, 0.2) is 59.1 Å². The van der Waals surface area contributed by atoms with Gasteiger partial charge < -0.3 is 14.4 Å². The van der Waals surface area contributed by atoms with Crippen molar-refractivity contribution in [1.82, 2.24) is 4.90 Å². The number of ketones is 1. The molecule has 2 aromatic carbocycles. The van der Waals surface area contributed by atoms with Gasteiger partial charge in [-0.05, 0) is 59.2 Å². The van der Waals surface area contributed by atoms with Crippen LogP contribution in [0.4, 0.5) is 0 Å². The summed E-state index contributed by atoms with van der Waals surface area (Å²) >= 11 is 3.81. The molecule has 0 amide bonds. The molecule has 0 spiro atoms. The van der Waals surface area contributed by atoms with Crippen LogP contribution in [-0.4, -0.2) is 37.4 Å². The topological polar surface area (TPSA) is 38.8 Å². The summed E-state index contributed by atoms with van der Waals surface area (Å²) in [4.78, 5) is 14.4. The van der Waals surface area contributed by atoms with Gasteiger partial charge in [0.2, 0.25) is 0 Å². The van der Waals surface area contributed by atoms with Crippen LogP contribution in [-0.2, 0) is 16.8 Å². The van der Waals surface area contributed by atoms with Crippen molar-refractivity contribution < 1.29 is 14.3 Å². The van der Waals surface area contributed by atoms with E-state index in [1.807, 2.05) is 36.4 Å². The van der Waals surface area contributed by atoms with E-state index in [4.69, 9.17) is 9.47 Å². The molecule has 5 heteroatoms. The smallest absolute Gasteiger partial charge is 0.176 e. The first-order valence-electron chi connectivity index (χ1n) is 9.51. The molecule has 146 valence electrons. The summed E-state index contributed by atoms with van der Waals surface area (Å²) < 4.78 is 12.7. The summed E-state index contributed by atoms with van der Waals surface area (Å²) in [5.41, 5.74) is 2.05. The van der Waals surface area contributed by atoms with Crippen molar-refractivity contribution in [2.45, 2.75) is 30.9 Å². The Kier molecular flexibility index (Phi) is 5.30. The van der Waals surface area contributed by atoms with E-state index in [-0.39, 0.29) is 17.2 Å². The molecule has 0 saturated carbocycles. The van der Waals surface area contributed by atoms with Gasteiger partial charge >= 0.3 is 0 Å². The number of halogens is 1. The van der Waals surface area contributed by atoms with Gasteiger partial charge in [-0.25, -0.2) is 0 Å². The minimum atomic E-state index is -0.196. The minimum absolute atomic E-state index is 0.164. The molecule has 0 radical (unpaired) electrons. The summed E-state index contributed by atoms with van der Waals surface area (Å²) in [7, 11) is 3.75. The number of likely N-dealkylation sites (tertiary alicyclic amines) is 1. The van der Waals surface area contributed by atoms with Gasteiger partial charge in [0, 0.05) is 17.9 Å². The maximum Gasteiger partial charge on any atom is 0.176 e. The Hall–Kier alpha value is -2.11. The molecule has 4 nitrogen and oxygen atoms in total. The number of allylic oxidation sites excluding steroid dienone is 1. The van der Waals surface area contributed by atoms with E-state index in [2.05, 4.69) is 40.0 Å². The number of methoxy groups -OCH3 is 1. The first-order chi connectivity index (χ1) is 13.5. The monoisotopic (exact) mass is 441 g/mol. The van der Waals surface area contributed by atoms with Gasteiger partial charge in [-0.2, -0.15) is 0 Å². The van der Waals surface area contributed by atoms with Crippen molar-refractivity contribution in [2.24, 2.45) is 0 Å². The highest BCUT2D eigenvalue weighted by Gasteiger charge is 2.49. The molecule has 1 aliphatic carbocycles. The number of fused-ring (bicyclic) bond motifs is 1. The van der Waals surface area contributed by atoms with Crippen LogP contribution >= 0.6 is 15.9 Å². The van der Waals surface area contributed by atoms with Gasteiger partial charge in [0.25, 0.3) is 0 Å². The quantitative estimate of drug-likeness (QED) is 0.683. The van der Waals surface area contributed by atoms with E-state index in [1.54, 1.807) is 13.2 Å². The molecule has 1 fully saturated rings. The lowest BCUT2D eigenvalue weighted by Gasteiger charge is -2.38. The lowest BCUT2D eigenvalue weighted by atomic mass is 9.69. The molecule has 2 unspecified atom stereocenters. The molecule has 4 rings (SSSR count). The van der Waals surface area contributed by atoms with E-state index in [1.165, 1.54) is 0 Å². The number of benzene rings is 2. The minimum Gasteiger partial charge on any atom is -0.493 e. The highest BCUT2D eigenvalue weighted by atomic mass is 79.9. The number of hydrogen-bond acceptors (Lipinski definition) is 4. The van der Waals surface area contributed by atoms with Crippen molar-refractivity contribution in [3.63, 3.8) is 0 Å². The van der Waals surface area contributed by atoms with Crippen molar-refractivity contribution in [3.8, 4) is 11.5 Å². The van der Waals surface area contributed by atoms with Crippen LogP contribution in [0.1, 0.15) is 24.0 Å². The molecule has 2 aromatic rings. The van der Waals surface area contributed by atoms with Crippen LogP contribution in [0.3, 0.4) is 0 Å². The average molecular weight is 442 g/mol. The van der Waals surface area contributed by atoms with Crippen molar-refractivity contribution in [2.75, 3.05) is 20.7 Å². The summed E-state index contributed by atoms with van der Waals surface area (Å²) in [6.45, 7) is 1.42. The largest absolute Gasteiger partial charge is 0.493 e. The zero-order valence-electron chi connectivity index (χ0n) is 16.2. The summed E-state index contributed by atoms with van der Waals surface area (Å²) in [5.74, 6) is 1.60. The molecule has 0 N–H and O–H groups in total. The molecular formula is C23H24BrNO3. The second-order valence-electron chi connectivity index (χ2n) is 7.52. The van der Waals surface area contributed by atoms with Crippen LogP contribution in [0.2, 0.25) is 0 Å². The number of carbonyl (C=O) groups is 1. The number of rotatable bonds is 5. The van der Waals surface area contributed by atoms with Gasteiger partial charge in [0.05, 0.1) is 11.6 Å². The van der Waals surface area contributed by atoms with E-state index < -0.39 is 0 Å². The van der Waals surface area contributed by atoms with E-state index in [0.717, 1.165) is 28.6 Å². The summed E-state index contributed by atoms with van der Waals surface area (Å²) in [6.07, 6.45) is 5.37. The maximum atomic E-state index is 12.1. The Morgan fingerprint density at radius 3 is 2.75 bits per heavy atom. The second-order valence-corrected chi connectivity index (χ2v) is 8.32. The summed E-state index contributed by atoms with van der Waals surface area (Å²) in [5, 5.41) is 0. The molecule has 0 bridgehead atoms. The van der Waals surface area contributed by atoms with Crippen LogP contribution in [0.5, 0.6) is 11.5 Å². The van der Waals surface area contributed by atoms with Crippen molar-refractivity contribution >= 4 is 21.7 Å². The highest BCUT2D eigenvalue weighted by molar-refractivity contribution is 9.10. The molecule has 2 aliphatic rings. The molecule has 2 atom stereocenters.